The number of ketones is 1. The number of fused-ring (bicyclic) bond motifs is 1. The number of carbonyl (C=O) groups is 1. The van der Waals surface area contributed by atoms with E-state index in [1.165, 1.54) is 9.20 Å². The number of nitrogens with two attached hydrogens (primary N) is 1. The predicted molar refractivity (Wildman–Crippen MR) is 108 cm³/mol. The SMILES string of the molecule is CCC(CC)Oc1ccc2n(n1)c(N)n[n+]2CC(=O)c1cc(Br)cc(OC)c1. The van der Waals surface area contributed by atoms with Crippen LogP contribution in [-0.2, 0) is 6.54 Å². The molecule has 0 saturated carbocycles. The molecule has 2 aromatic heterocycles. The molecule has 0 atom stereocenters. The third-order valence-electron chi connectivity index (χ3n) is 4.42. The number of nitrogens with zero attached hydrogens (tertiary/aromatic N) is 4. The normalized spacial score (nSPS) is 11.2. The molecule has 2 N–H and O–H groups in total. The quantitative estimate of drug-likeness (QED) is 0.420. The lowest BCUT2D eigenvalue weighted by molar-refractivity contribution is -0.714. The van der Waals surface area contributed by atoms with Crippen LogP contribution in [0.2, 0.25) is 0 Å². The van der Waals surface area contributed by atoms with Gasteiger partial charge in [-0.25, -0.2) is 0 Å². The average molecular weight is 449 g/mol. The summed E-state index contributed by atoms with van der Waals surface area (Å²) in [6, 6.07) is 8.78. The smallest absolute Gasteiger partial charge is 0.355 e. The maximum Gasteiger partial charge on any atom is 0.355 e. The van der Waals surface area contributed by atoms with Crippen molar-refractivity contribution in [1.29, 1.82) is 0 Å². The summed E-state index contributed by atoms with van der Waals surface area (Å²) >= 11 is 3.39. The van der Waals surface area contributed by atoms with Gasteiger partial charge in [0.25, 0.3) is 5.88 Å². The highest BCUT2D eigenvalue weighted by molar-refractivity contribution is 9.10. The van der Waals surface area contributed by atoms with Crippen molar-refractivity contribution in [1.82, 2.24) is 14.7 Å². The molecule has 8 nitrogen and oxygen atoms in total. The molecule has 0 saturated heterocycles. The van der Waals surface area contributed by atoms with E-state index in [1.54, 1.807) is 37.4 Å². The first-order chi connectivity index (χ1) is 13.4. The molecule has 3 aromatic rings. The van der Waals surface area contributed by atoms with Gasteiger partial charge in [0.1, 0.15) is 11.9 Å². The van der Waals surface area contributed by atoms with Crippen LogP contribution >= 0.6 is 15.9 Å². The minimum absolute atomic E-state index is 0.0226. The third kappa shape index (κ3) is 4.24. The van der Waals surface area contributed by atoms with Crippen LogP contribution in [0.4, 0.5) is 5.95 Å². The predicted octanol–water partition coefficient (Wildman–Crippen LogP) is 2.82. The van der Waals surface area contributed by atoms with Crippen molar-refractivity contribution in [3.8, 4) is 11.6 Å². The molecule has 0 bridgehead atoms. The first kappa shape index (κ1) is 20.1. The Morgan fingerprint density at radius 1 is 1.29 bits per heavy atom. The van der Waals surface area contributed by atoms with Gasteiger partial charge >= 0.3 is 11.6 Å². The summed E-state index contributed by atoms with van der Waals surface area (Å²) < 4.78 is 14.9. The van der Waals surface area contributed by atoms with E-state index in [0.29, 0.717) is 22.8 Å². The highest BCUT2D eigenvalue weighted by Gasteiger charge is 2.23. The van der Waals surface area contributed by atoms with Crippen LogP contribution in [0.1, 0.15) is 37.0 Å². The molecule has 0 aliphatic carbocycles. The van der Waals surface area contributed by atoms with Crippen LogP contribution in [0.25, 0.3) is 5.65 Å². The molecule has 0 amide bonds. The Labute approximate surface area is 171 Å². The molecule has 148 valence electrons. The van der Waals surface area contributed by atoms with E-state index in [-0.39, 0.29) is 24.4 Å². The average Bonchev–Trinajstić information content (AvgIpc) is 3.00. The van der Waals surface area contributed by atoms with Gasteiger partial charge in [-0.05, 0) is 41.2 Å². The number of hydrogen-bond donors (Lipinski definition) is 1. The lowest BCUT2D eigenvalue weighted by Crippen LogP contribution is -2.40. The second kappa shape index (κ2) is 8.55. The van der Waals surface area contributed by atoms with Gasteiger partial charge in [0.15, 0.2) is 6.54 Å². The van der Waals surface area contributed by atoms with E-state index in [4.69, 9.17) is 15.2 Å². The van der Waals surface area contributed by atoms with Crippen molar-refractivity contribution in [2.45, 2.75) is 39.3 Å². The maximum absolute atomic E-state index is 12.7. The summed E-state index contributed by atoms with van der Waals surface area (Å²) in [4.78, 5) is 12.7. The van der Waals surface area contributed by atoms with Gasteiger partial charge in [-0.15, -0.1) is 4.68 Å². The zero-order valence-electron chi connectivity index (χ0n) is 16.1. The first-order valence-electron chi connectivity index (χ1n) is 9.05. The summed E-state index contributed by atoms with van der Waals surface area (Å²) in [7, 11) is 1.56. The summed E-state index contributed by atoms with van der Waals surface area (Å²) in [5, 5.41) is 8.66. The number of aromatic nitrogens is 4. The monoisotopic (exact) mass is 448 g/mol. The Morgan fingerprint density at radius 2 is 2.04 bits per heavy atom. The molecule has 3 rings (SSSR count). The first-order valence-corrected chi connectivity index (χ1v) is 9.84. The fraction of sp³-hybridized carbons (Fsp3) is 0.368. The molecular formula is C19H23BrN5O3+. The summed E-state index contributed by atoms with van der Waals surface area (Å²) in [6.45, 7) is 4.15. The van der Waals surface area contributed by atoms with Crippen molar-refractivity contribution in [3.05, 3.63) is 40.4 Å². The molecular weight excluding hydrogens is 426 g/mol. The van der Waals surface area contributed by atoms with Gasteiger partial charge in [0.05, 0.1) is 7.11 Å². The lowest BCUT2D eigenvalue weighted by atomic mass is 10.1. The molecule has 0 spiro atoms. The van der Waals surface area contributed by atoms with E-state index in [0.717, 1.165) is 17.3 Å². The van der Waals surface area contributed by atoms with Crippen molar-refractivity contribution in [3.63, 3.8) is 0 Å². The zero-order valence-corrected chi connectivity index (χ0v) is 17.6. The number of carbonyl (C=O) groups excluding carboxylic acids is 1. The summed E-state index contributed by atoms with van der Waals surface area (Å²) in [5.74, 6) is 1.13. The number of ether oxygens (including phenoxy) is 2. The number of halogens is 1. The Bertz CT molecular complexity index is 1000. The number of Topliss-reactive ketones (excluding diaryl/α,β-unsaturated/α-hetero) is 1. The summed E-state index contributed by atoms with van der Waals surface area (Å²) in [6.07, 6.45) is 1.87. The fourth-order valence-corrected chi connectivity index (χ4v) is 3.33. The number of anilines is 1. The Morgan fingerprint density at radius 3 is 2.71 bits per heavy atom. The molecule has 0 aliphatic heterocycles. The topological polar surface area (TPSA) is 95.6 Å². The van der Waals surface area contributed by atoms with Gasteiger partial charge in [-0.2, -0.15) is 0 Å². The lowest BCUT2D eigenvalue weighted by Gasteiger charge is -2.13. The second-order valence-electron chi connectivity index (χ2n) is 6.32. The van der Waals surface area contributed by atoms with Gasteiger partial charge in [-0.1, -0.05) is 34.3 Å². The molecule has 28 heavy (non-hydrogen) atoms. The van der Waals surface area contributed by atoms with Crippen LogP contribution in [0.5, 0.6) is 11.6 Å². The van der Waals surface area contributed by atoms with Crippen molar-refractivity contribution in [2.24, 2.45) is 0 Å². The van der Waals surface area contributed by atoms with E-state index < -0.39 is 0 Å². The molecule has 0 aliphatic rings. The van der Waals surface area contributed by atoms with Gasteiger partial charge in [0.2, 0.25) is 5.78 Å². The van der Waals surface area contributed by atoms with Crippen molar-refractivity contribution >= 4 is 33.3 Å². The summed E-state index contributed by atoms with van der Waals surface area (Å²) in [5.41, 5.74) is 7.12. The number of benzene rings is 1. The number of nitrogen functional groups attached to an aromatic ring is 1. The van der Waals surface area contributed by atoms with Gasteiger partial charge < -0.3 is 15.2 Å². The van der Waals surface area contributed by atoms with Crippen LogP contribution < -0.4 is 19.9 Å². The van der Waals surface area contributed by atoms with Crippen LogP contribution in [0, 0.1) is 0 Å². The number of rotatable bonds is 8. The van der Waals surface area contributed by atoms with E-state index in [2.05, 4.69) is 40.0 Å². The van der Waals surface area contributed by atoms with Crippen LogP contribution in [0.3, 0.4) is 0 Å². The molecule has 0 radical (unpaired) electrons. The van der Waals surface area contributed by atoms with E-state index in [1.807, 2.05) is 0 Å². The maximum atomic E-state index is 12.7. The molecule has 0 unspecified atom stereocenters. The Hall–Kier alpha value is -2.68. The minimum atomic E-state index is -0.123. The van der Waals surface area contributed by atoms with Crippen LogP contribution in [0.15, 0.2) is 34.8 Å². The van der Waals surface area contributed by atoms with Crippen molar-refractivity contribution < 1.29 is 19.0 Å². The van der Waals surface area contributed by atoms with Gasteiger partial charge in [0, 0.05) is 22.2 Å². The second-order valence-corrected chi connectivity index (χ2v) is 7.23. The number of methoxy groups -OCH3 is 1. The number of hydrogen-bond acceptors (Lipinski definition) is 6. The fourth-order valence-electron chi connectivity index (χ4n) is 2.85. The third-order valence-corrected chi connectivity index (χ3v) is 4.87. The van der Waals surface area contributed by atoms with E-state index >= 15 is 0 Å². The highest BCUT2D eigenvalue weighted by Crippen LogP contribution is 2.21. The molecule has 2 heterocycles. The Kier molecular flexibility index (Phi) is 6.13. The standard InChI is InChI=1S/C19H23BrN5O3/c1-4-14(5-2)28-17-6-7-18-24(23-19(21)25(18)22-17)11-16(26)12-8-13(20)10-15(9-12)27-3/h6-10,14H,4-5,11H2,1-3H3,(H2,21,23)/q+1. The zero-order chi connectivity index (χ0) is 20.3. The van der Waals surface area contributed by atoms with Crippen LogP contribution in [-0.4, -0.2) is 33.7 Å². The van der Waals surface area contributed by atoms with Gasteiger partial charge in [-0.3, -0.25) is 4.79 Å². The van der Waals surface area contributed by atoms with Crippen molar-refractivity contribution in [2.75, 3.05) is 12.8 Å². The molecule has 0 fully saturated rings. The van der Waals surface area contributed by atoms with E-state index in [9.17, 15) is 4.79 Å². The largest absolute Gasteiger partial charge is 0.497 e. The minimum Gasteiger partial charge on any atom is -0.497 e. The molecule has 9 heteroatoms. The molecule has 1 aromatic carbocycles. The Balaban J connectivity index is 1.87. The highest BCUT2D eigenvalue weighted by atomic mass is 79.9.